The summed E-state index contributed by atoms with van der Waals surface area (Å²) in [5.41, 5.74) is 6.15. The summed E-state index contributed by atoms with van der Waals surface area (Å²) in [6.07, 6.45) is 0. The van der Waals surface area contributed by atoms with Crippen molar-refractivity contribution in [2.24, 2.45) is 0 Å². The van der Waals surface area contributed by atoms with Crippen LogP contribution in [0, 0.1) is 0 Å². The van der Waals surface area contributed by atoms with Gasteiger partial charge in [-0.05, 0) is 45.9 Å². The Morgan fingerprint density at radius 3 is 2.35 bits per heavy atom. The minimum absolute atomic E-state index is 0.0438. The van der Waals surface area contributed by atoms with E-state index < -0.39 is 12.0 Å². The van der Waals surface area contributed by atoms with E-state index in [0.717, 1.165) is 0 Å². The molecule has 6 heteroatoms. The first kappa shape index (κ1) is 15.8. The second kappa shape index (κ2) is 5.81. The molecule has 0 fully saturated rings. The third kappa shape index (κ3) is 4.46. The Bertz CT molecular complexity index is 521. The van der Waals surface area contributed by atoms with Crippen molar-refractivity contribution in [3.05, 3.63) is 23.8 Å². The molecule has 5 N–H and O–H groups in total. The van der Waals surface area contributed by atoms with Gasteiger partial charge in [-0.15, -0.1) is 0 Å². The lowest BCUT2D eigenvalue weighted by atomic mass is 10.1. The fourth-order valence-electron chi connectivity index (χ4n) is 1.64. The van der Waals surface area contributed by atoms with Crippen molar-refractivity contribution >= 4 is 23.3 Å². The van der Waals surface area contributed by atoms with E-state index in [1.54, 1.807) is 13.0 Å². The number of carbonyl (C=O) groups excluding carboxylic acids is 1. The van der Waals surface area contributed by atoms with Gasteiger partial charge in [-0.3, -0.25) is 4.79 Å². The lowest BCUT2D eigenvalue weighted by Crippen LogP contribution is -2.47. The van der Waals surface area contributed by atoms with E-state index in [4.69, 9.17) is 10.8 Å². The van der Waals surface area contributed by atoms with E-state index in [9.17, 15) is 9.59 Å². The Kier molecular flexibility index (Phi) is 4.60. The lowest BCUT2D eigenvalue weighted by molar-refractivity contribution is -0.122. The summed E-state index contributed by atoms with van der Waals surface area (Å²) < 4.78 is 0. The summed E-state index contributed by atoms with van der Waals surface area (Å²) in [7, 11) is 0. The molecule has 1 rings (SSSR count). The monoisotopic (exact) mass is 279 g/mol. The molecule has 0 heterocycles. The number of hydrogen-bond donors (Lipinski definition) is 4. The van der Waals surface area contributed by atoms with Crippen molar-refractivity contribution in [3.8, 4) is 0 Å². The molecule has 0 aromatic heterocycles. The predicted octanol–water partition coefficient (Wildman–Crippen LogP) is 1.68. The number of aromatic carboxylic acids is 1. The minimum Gasteiger partial charge on any atom is -0.478 e. The van der Waals surface area contributed by atoms with E-state index in [2.05, 4.69) is 10.6 Å². The zero-order valence-corrected chi connectivity index (χ0v) is 12.2. The zero-order valence-electron chi connectivity index (χ0n) is 12.2. The van der Waals surface area contributed by atoms with Gasteiger partial charge >= 0.3 is 5.97 Å². The SMILES string of the molecule is CC(Nc1ccc(C(=O)O)c(N)c1)C(=O)NC(C)(C)C. The van der Waals surface area contributed by atoms with Crippen LogP contribution in [-0.2, 0) is 4.79 Å². The van der Waals surface area contributed by atoms with Gasteiger partial charge in [0, 0.05) is 16.9 Å². The number of nitrogens with one attached hydrogen (secondary N) is 2. The maximum Gasteiger partial charge on any atom is 0.337 e. The average molecular weight is 279 g/mol. The molecular weight excluding hydrogens is 258 g/mol. The molecule has 6 nitrogen and oxygen atoms in total. The number of benzene rings is 1. The van der Waals surface area contributed by atoms with Crippen molar-refractivity contribution in [3.63, 3.8) is 0 Å². The normalized spacial score (nSPS) is 12.6. The second-order valence-electron chi connectivity index (χ2n) is 5.71. The summed E-state index contributed by atoms with van der Waals surface area (Å²) in [4.78, 5) is 22.8. The minimum atomic E-state index is -1.08. The topological polar surface area (TPSA) is 104 Å². The first-order valence-electron chi connectivity index (χ1n) is 6.31. The van der Waals surface area contributed by atoms with Crippen LogP contribution < -0.4 is 16.4 Å². The fourth-order valence-corrected chi connectivity index (χ4v) is 1.64. The van der Waals surface area contributed by atoms with Gasteiger partial charge in [0.15, 0.2) is 0 Å². The highest BCUT2D eigenvalue weighted by Crippen LogP contribution is 2.18. The molecule has 0 radical (unpaired) electrons. The third-order valence-corrected chi connectivity index (χ3v) is 2.56. The highest BCUT2D eigenvalue weighted by atomic mass is 16.4. The van der Waals surface area contributed by atoms with Crippen LogP contribution in [0.1, 0.15) is 38.1 Å². The largest absolute Gasteiger partial charge is 0.478 e. The molecule has 0 aliphatic heterocycles. The van der Waals surface area contributed by atoms with Crippen molar-refractivity contribution in [1.82, 2.24) is 5.32 Å². The van der Waals surface area contributed by atoms with Crippen LogP contribution >= 0.6 is 0 Å². The predicted molar refractivity (Wildman–Crippen MR) is 78.8 cm³/mol. The molecule has 1 atom stereocenters. The van der Waals surface area contributed by atoms with Crippen LogP contribution in [0.25, 0.3) is 0 Å². The molecule has 0 bridgehead atoms. The average Bonchev–Trinajstić information content (AvgIpc) is 2.26. The van der Waals surface area contributed by atoms with Gasteiger partial charge in [0.25, 0.3) is 0 Å². The Morgan fingerprint density at radius 1 is 1.30 bits per heavy atom. The molecule has 0 aliphatic carbocycles. The van der Waals surface area contributed by atoms with Crippen LogP contribution in [0.2, 0.25) is 0 Å². The van der Waals surface area contributed by atoms with Crippen molar-refractivity contribution < 1.29 is 14.7 Å². The van der Waals surface area contributed by atoms with Crippen LogP contribution in [0.15, 0.2) is 18.2 Å². The number of carboxylic acids is 1. The van der Waals surface area contributed by atoms with Crippen LogP contribution in [0.3, 0.4) is 0 Å². The summed E-state index contributed by atoms with van der Waals surface area (Å²) >= 11 is 0. The highest BCUT2D eigenvalue weighted by molar-refractivity contribution is 5.94. The number of carbonyl (C=O) groups is 2. The molecule has 110 valence electrons. The molecule has 1 amide bonds. The van der Waals surface area contributed by atoms with E-state index >= 15 is 0 Å². The molecular formula is C14H21N3O3. The third-order valence-electron chi connectivity index (χ3n) is 2.56. The van der Waals surface area contributed by atoms with E-state index in [0.29, 0.717) is 5.69 Å². The fraction of sp³-hybridized carbons (Fsp3) is 0.429. The van der Waals surface area contributed by atoms with E-state index in [1.165, 1.54) is 12.1 Å². The first-order valence-corrected chi connectivity index (χ1v) is 6.31. The first-order chi connectivity index (χ1) is 9.10. The van der Waals surface area contributed by atoms with Crippen LogP contribution in [0.4, 0.5) is 11.4 Å². The van der Waals surface area contributed by atoms with E-state index in [-0.39, 0.29) is 22.7 Å². The zero-order chi connectivity index (χ0) is 15.5. The van der Waals surface area contributed by atoms with Gasteiger partial charge in [-0.25, -0.2) is 4.79 Å². The van der Waals surface area contributed by atoms with Crippen molar-refractivity contribution in [2.45, 2.75) is 39.3 Å². The molecule has 0 saturated carbocycles. The molecule has 1 aromatic rings. The maximum absolute atomic E-state index is 11.9. The van der Waals surface area contributed by atoms with Crippen LogP contribution in [0.5, 0.6) is 0 Å². The molecule has 0 spiro atoms. The van der Waals surface area contributed by atoms with Gasteiger partial charge in [-0.2, -0.15) is 0 Å². The molecule has 0 saturated heterocycles. The van der Waals surface area contributed by atoms with Crippen LogP contribution in [-0.4, -0.2) is 28.6 Å². The standard InChI is InChI=1S/C14H21N3O3/c1-8(12(18)17-14(2,3)4)16-9-5-6-10(13(19)20)11(15)7-9/h5-8,16H,15H2,1-4H3,(H,17,18)(H,19,20). The number of rotatable bonds is 4. The Morgan fingerprint density at radius 2 is 1.90 bits per heavy atom. The summed E-state index contributed by atoms with van der Waals surface area (Å²) in [5.74, 6) is -1.22. The number of anilines is 2. The number of hydrogen-bond acceptors (Lipinski definition) is 4. The smallest absolute Gasteiger partial charge is 0.337 e. The Balaban J connectivity index is 2.76. The summed E-state index contributed by atoms with van der Waals surface area (Å²) in [6.45, 7) is 7.42. The highest BCUT2D eigenvalue weighted by Gasteiger charge is 2.19. The summed E-state index contributed by atoms with van der Waals surface area (Å²) in [6, 6.07) is 4.05. The maximum atomic E-state index is 11.9. The van der Waals surface area contributed by atoms with Crippen molar-refractivity contribution in [1.29, 1.82) is 0 Å². The van der Waals surface area contributed by atoms with E-state index in [1.807, 2.05) is 20.8 Å². The molecule has 1 unspecified atom stereocenters. The lowest BCUT2D eigenvalue weighted by Gasteiger charge is -2.24. The van der Waals surface area contributed by atoms with Gasteiger partial charge in [-0.1, -0.05) is 0 Å². The Labute approximate surface area is 118 Å². The second-order valence-corrected chi connectivity index (χ2v) is 5.71. The van der Waals surface area contributed by atoms with Gasteiger partial charge in [0.2, 0.25) is 5.91 Å². The quantitative estimate of drug-likeness (QED) is 0.628. The van der Waals surface area contributed by atoms with Crippen molar-refractivity contribution in [2.75, 3.05) is 11.1 Å². The molecule has 0 aliphatic rings. The van der Waals surface area contributed by atoms with Gasteiger partial charge in [0.1, 0.15) is 6.04 Å². The Hall–Kier alpha value is -2.24. The van der Waals surface area contributed by atoms with Gasteiger partial charge in [0.05, 0.1) is 5.56 Å². The summed E-state index contributed by atoms with van der Waals surface area (Å²) in [5, 5.41) is 14.7. The number of carboxylic acid groups (broad SMARTS) is 1. The number of amides is 1. The molecule has 1 aromatic carbocycles. The van der Waals surface area contributed by atoms with Gasteiger partial charge < -0.3 is 21.5 Å². The number of nitrogen functional groups attached to an aromatic ring is 1. The number of nitrogens with two attached hydrogens (primary N) is 1. The molecule has 20 heavy (non-hydrogen) atoms.